The number of hydrogen-bond donors (Lipinski definition) is 1. The number of aromatic nitrogens is 2. The first-order chi connectivity index (χ1) is 15.7. The van der Waals surface area contributed by atoms with Crippen LogP contribution in [-0.2, 0) is 16.3 Å². The Morgan fingerprint density at radius 2 is 1.56 bits per heavy atom. The Morgan fingerprint density at radius 1 is 0.938 bits per heavy atom. The number of benzene rings is 3. The van der Waals surface area contributed by atoms with Gasteiger partial charge in [-0.25, -0.2) is 4.68 Å². The first-order valence-electron chi connectivity index (χ1n) is 10.5. The summed E-state index contributed by atoms with van der Waals surface area (Å²) in [6.07, 6.45) is 0. The Balaban J connectivity index is 1.54. The molecule has 160 valence electrons. The van der Waals surface area contributed by atoms with Crippen molar-refractivity contribution in [3.63, 3.8) is 0 Å². The van der Waals surface area contributed by atoms with Crippen LogP contribution < -0.4 is 10.1 Å². The summed E-state index contributed by atoms with van der Waals surface area (Å²) in [5.74, 6) is 2.72. The highest BCUT2D eigenvalue weighted by molar-refractivity contribution is 7.98. The van der Waals surface area contributed by atoms with Gasteiger partial charge in [0.1, 0.15) is 11.6 Å². The standard InChI is InChI=1S/C26H23N3O2S/c1-31-21-14-12-20(13-15-21)29-25(22-16-32-17-23(22)28-29)27-26(30)24(18-8-4-2-5-9-18)19-10-6-3-7-11-19/h2-15,24H,16-17H2,1H3,(H,27,30). The van der Waals surface area contributed by atoms with Gasteiger partial charge in [-0.3, -0.25) is 4.79 Å². The van der Waals surface area contributed by atoms with Crippen molar-refractivity contribution >= 4 is 23.5 Å². The smallest absolute Gasteiger partial charge is 0.237 e. The van der Waals surface area contributed by atoms with E-state index in [9.17, 15) is 4.79 Å². The third kappa shape index (κ3) is 3.89. The molecule has 1 amide bonds. The van der Waals surface area contributed by atoms with E-state index >= 15 is 0 Å². The van der Waals surface area contributed by atoms with Gasteiger partial charge in [0.2, 0.25) is 5.91 Å². The topological polar surface area (TPSA) is 56.1 Å². The fourth-order valence-corrected chi connectivity index (χ4v) is 5.06. The molecule has 1 aromatic heterocycles. The molecule has 0 bridgehead atoms. The van der Waals surface area contributed by atoms with Crippen molar-refractivity contribution in [1.29, 1.82) is 0 Å². The summed E-state index contributed by atoms with van der Waals surface area (Å²) >= 11 is 1.81. The molecule has 3 aromatic carbocycles. The minimum atomic E-state index is -0.415. The van der Waals surface area contributed by atoms with Gasteiger partial charge < -0.3 is 10.1 Å². The lowest BCUT2D eigenvalue weighted by Gasteiger charge is -2.19. The molecule has 0 aliphatic carbocycles. The second-order valence-electron chi connectivity index (χ2n) is 7.62. The summed E-state index contributed by atoms with van der Waals surface area (Å²) < 4.78 is 7.13. The summed E-state index contributed by atoms with van der Waals surface area (Å²) in [5.41, 5.74) is 4.92. The Hall–Kier alpha value is -3.51. The summed E-state index contributed by atoms with van der Waals surface area (Å²) in [6.45, 7) is 0. The lowest BCUT2D eigenvalue weighted by atomic mass is 9.90. The van der Waals surface area contributed by atoms with E-state index in [1.165, 1.54) is 0 Å². The predicted molar refractivity (Wildman–Crippen MR) is 128 cm³/mol. The van der Waals surface area contributed by atoms with E-state index in [1.54, 1.807) is 7.11 Å². The van der Waals surface area contributed by atoms with E-state index in [4.69, 9.17) is 9.84 Å². The molecule has 0 atom stereocenters. The summed E-state index contributed by atoms with van der Waals surface area (Å²) in [5, 5.41) is 8.05. The highest BCUT2D eigenvalue weighted by atomic mass is 32.2. The molecule has 1 aliphatic rings. The minimum Gasteiger partial charge on any atom is -0.497 e. The van der Waals surface area contributed by atoms with Crippen LogP contribution in [0.4, 0.5) is 5.82 Å². The Labute approximate surface area is 191 Å². The SMILES string of the molecule is COc1ccc(-n2nc3c(c2NC(=O)C(c2ccccc2)c2ccccc2)CSC3)cc1. The molecular weight excluding hydrogens is 418 g/mol. The number of rotatable bonds is 6. The number of anilines is 1. The third-order valence-corrected chi connectivity index (χ3v) is 6.61. The lowest BCUT2D eigenvalue weighted by molar-refractivity contribution is -0.116. The van der Waals surface area contributed by atoms with E-state index in [2.05, 4.69) is 5.32 Å². The van der Waals surface area contributed by atoms with Crippen molar-refractivity contribution in [3.8, 4) is 11.4 Å². The van der Waals surface area contributed by atoms with Gasteiger partial charge in [-0.1, -0.05) is 60.7 Å². The van der Waals surface area contributed by atoms with E-state index in [0.29, 0.717) is 0 Å². The van der Waals surface area contributed by atoms with Gasteiger partial charge >= 0.3 is 0 Å². The Morgan fingerprint density at radius 3 is 2.16 bits per heavy atom. The van der Waals surface area contributed by atoms with Crippen LogP contribution in [0, 0.1) is 0 Å². The van der Waals surface area contributed by atoms with Crippen molar-refractivity contribution in [2.24, 2.45) is 0 Å². The molecule has 4 aromatic rings. The number of fused-ring (bicyclic) bond motifs is 1. The summed E-state index contributed by atoms with van der Waals surface area (Å²) in [4.78, 5) is 13.7. The molecule has 1 aliphatic heterocycles. The van der Waals surface area contributed by atoms with Crippen LogP contribution in [0.3, 0.4) is 0 Å². The fourth-order valence-electron chi connectivity index (χ4n) is 4.03. The number of nitrogens with zero attached hydrogens (tertiary/aromatic N) is 2. The molecule has 0 spiro atoms. The molecule has 0 saturated carbocycles. The maximum atomic E-state index is 13.7. The van der Waals surface area contributed by atoms with Crippen LogP contribution in [0.1, 0.15) is 28.3 Å². The maximum absolute atomic E-state index is 13.7. The highest BCUT2D eigenvalue weighted by Crippen LogP contribution is 2.37. The number of thioether (sulfide) groups is 1. The zero-order chi connectivity index (χ0) is 21.9. The minimum absolute atomic E-state index is 0.0724. The third-order valence-electron chi connectivity index (χ3n) is 5.64. The molecule has 2 heterocycles. The molecule has 5 nitrogen and oxygen atoms in total. The number of carbonyl (C=O) groups is 1. The molecule has 1 N–H and O–H groups in total. The highest BCUT2D eigenvalue weighted by Gasteiger charge is 2.28. The average Bonchev–Trinajstić information content (AvgIpc) is 3.43. The quantitative estimate of drug-likeness (QED) is 0.435. The first-order valence-corrected chi connectivity index (χ1v) is 11.6. The second-order valence-corrected chi connectivity index (χ2v) is 8.61. The Kier molecular flexibility index (Phi) is 5.69. The van der Waals surface area contributed by atoms with Crippen molar-refractivity contribution < 1.29 is 9.53 Å². The zero-order valence-electron chi connectivity index (χ0n) is 17.7. The number of hydrogen-bond acceptors (Lipinski definition) is 4. The van der Waals surface area contributed by atoms with Gasteiger partial charge in [0, 0.05) is 17.1 Å². The van der Waals surface area contributed by atoms with Crippen LogP contribution in [0.2, 0.25) is 0 Å². The molecule has 0 fully saturated rings. The van der Waals surface area contributed by atoms with Crippen molar-refractivity contribution in [2.75, 3.05) is 12.4 Å². The molecule has 6 heteroatoms. The molecule has 5 rings (SSSR count). The van der Waals surface area contributed by atoms with E-state index in [0.717, 1.165) is 51.1 Å². The molecule has 0 unspecified atom stereocenters. The molecule has 0 saturated heterocycles. The molecule has 32 heavy (non-hydrogen) atoms. The van der Waals surface area contributed by atoms with Gasteiger partial charge in [0.05, 0.1) is 24.4 Å². The first kappa shape index (κ1) is 20.4. The molecule has 0 radical (unpaired) electrons. The van der Waals surface area contributed by atoms with Crippen LogP contribution in [-0.4, -0.2) is 22.8 Å². The zero-order valence-corrected chi connectivity index (χ0v) is 18.5. The van der Waals surface area contributed by atoms with Crippen LogP contribution in [0.5, 0.6) is 5.75 Å². The molecular formula is C26H23N3O2S. The Bertz CT molecular complexity index is 1180. The summed E-state index contributed by atoms with van der Waals surface area (Å²) in [6, 6.07) is 27.5. The van der Waals surface area contributed by atoms with Gasteiger partial charge in [-0.15, -0.1) is 0 Å². The van der Waals surface area contributed by atoms with Crippen LogP contribution >= 0.6 is 11.8 Å². The van der Waals surface area contributed by atoms with Crippen LogP contribution in [0.15, 0.2) is 84.9 Å². The van der Waals surface area contributed by atoms with Gasteiger partial charge in [-0.05, 0) is 35.4 Å². The largest absolute Gasteiger partial charge is 0.497 e. The monoisotopic (exact) mass is 441 g/mol. The fraction of sp³-hybridized carbons (Fsp3) is 0.154. The van der Waals surface area contributed by atoms with E-state index in [-0.39, 0.29) is 5.91 Å². The summed E-state index contributed by atoms with van der Waals surface area (Å²) in [7, 11) is 1.65. The average molecular weight is 442 g/mol. The van der Waals surface area contributed by atoms with Gasteiger partial charge in [0.25, 0.3) is 0 Å². The van der Waals surface area contributed by atoms with Crippen molar-refractivity contribution in [1.82, 2.24) is 9.78 Å². The van der Waals surface area contributed by atoms with Crippen molar-refractivity contribution in [3.05, 3.63) is 107 Å². The maximum Gasteiger partial charge on any atom is 0.237 e. The predicted octanol–water partition coefficient (Wildman–Crippen LogP) is 5.40. The number of nitrogens with one attached hydrogen (secondary N) is 1. The second kappa shape index (κ2) is 8.93. The number of methoxy groups -OCH3 is 1. The van der Waals surface area contributed by atoms with Gasteiger partial charge in [-0.2, -0.15) is 16.9 Å². The van der Waals surface area contributed by atoms with E-state index in [1.807, 2.05) is 101 Å². The number of carbonyl (C=O) groups excluding carboxylic acids is 1. The lowest BCUT2D eigenvalue weighted by Crippen LogP contribution is -2.24. The normalized spacial score (nSPS) is 12.6. The van der Waals surface area contributed by atoms with Crippen LogP contribution in [0.25, 0.3) is 5.69 Å². The van der Waals surface area contributed by atoms with E-state index < -0.39 is 5.92 Å². The van der Waals surface area contributed by atoms with Crippen molar-refractivity contribution in [2.45, 2.75) is 17.4 Å². The number of amides is 1. The van der Waals surface area contributed by atoms with Gasteiger partial charge in [0.15, 0.2) is 0 Å². The number of ether oxygens (including phenoxy) is 1.